The zero-order valence-corrected chi connectivity index (χ0v) is 25.0. The highest BCUT2D eigenvalue weighted by atomic mass is 35.5. The van der Waals surface area contributed by atoms with Crippen LogP contribution in [0.25, 0.3) is 23.0 Å². The summed E-state index contributed by atoms with van der Waals surface area (Å²) in [6.45, 7) is 4.64. The Labute approximate surface area is 246 Å². The molecule has 0 atom stereocenters. The molecule has 11 heteroatoms. The van der Waals surface area contributed by atoms with E-state index in [0.717, 1.165) is 0 Å². The van der Waals surface area contributed by atoms with Crippen LogP contribution in [0.15, 0.2) is 99.8 Å². The highest BCUT2D eigenvalue weighted by Gasteiger charge is 2.25. The smallest absolute Gasteiger partial charge is 0.240 e. The van der Waals surface area contributed by atoms with Gasteiger partial charge < -0.3 is 0 Å². The summed E-state index contributed by atoms with van der Waals surface area (Å²) in [4.78, 5) is -0.461. The molecule has 41 heavy (non-hydrogen) atoms. The number of benzene rings is 3. The average Bonchev–Trinajstić information content (AvgIpc) is 3.40. The number of rotatable bonds is 11. The summed E-state index contributed by atoms with van der Waals surface area (Å²) >= 11 is 5.92. The van der Waals surface area contributed by atoms with Gasteiger partial charge >= 0.3 is 0 Å². The molecular formula is C30H29ClN4O4S2. The summed E-state index contributed by atoms with van der Waals surface area (Å²) in [5.74, 6) is 0. The summed E-state index contributed by atoms with van der Waals surface area (Å²) in [6.07, 6.45) is 4.22. The molecule has 0 aliphatic carbocycles. The van der Waals surface area contributed by atoms with Crippen LogP contribution in [-0.2, 0) is 19.9 Å². The van der Waals surface area contributed by atoms with E-state index in [1.807, 2.05) is 50.2 Å². The predicted octanol–water partition coefficient (Wildman–Crippen LogP) is 6.34. The number of hydrogen-bond acceptors (Lipinski definition) is 6. The maximum absolute atomic E-state index is 13.5. The number of sulfonamides is 1. The quantitative estimate of drug-likeness (QED) is 0.184. The first-order valence-electron chi connectivity index (χ1n) is 13.0. The SMILES string of the molecule is CCCN(CCC)S(=O)(=O)c1cccc(-c2nn(-c3ccccc3)cc2C=C(C#N)S(=O)(=O)c2ccc(Cl)cc2)c1. The highest BCUT2D eigenvalue weighted by Crippen LogP contribution is 2.31. The summed E-state index contributed by atoms with van der Waals surface area (Å²) in [6, 6.07) is 22.9. The van der Waals surface area contributed by atoms with Crippen LogP contribution in [-0.4, -0.2) is 44.0 Å². The Morgan fingerprint density at radius 3 is 2.20 bits per heavy atom. The lowest BCUT2D eigenvalue weighted by atomic mass is 10.1. The van der Waals surface area contributed by atoms with E-state index in [9.17, 15) is 22.1 Å². The zero-order valence-electron chi connectivity index (χ0n) is 22.6. The number of halogens is 1. The van der Waals surface area contributed by atoms with E-state index in [1.54, 1.807) is 23.0 Å². The van der Waals surface area contributed by atoms with Crippen LogP contribution in [0.3, 0.4) is 0 Å². The summed E-state index contributed by atoms with van der Waals surface area (Å²) < 4.78 is 56.7. The van der Waals surface area contributed by atoms with E-state index < -0.39 is 24.8 Å². The largest absolute Gasteiger partial charge is 0.243 e. The van der Waals surface area contributed by atoms with Gasteiger partial charge in [-0.1, -0.05) is 55.8 Å². The van der Waals surface area contributed by atoms with Crippen molar-refractivity contribution in [3.8, 4) is 23.0 Å². The van der Waals surface area contributed by atoms with Crippen LogP contribution in [0.4, 0.5) is 0 Å². The monoisotopic (exact) mass is 608 g/mol. The molecule has 8 nitrogen and oxygen atoms in total. The Balaban J connectivity index is 1.89. The molecule has 1 heterocycles. The summed E-state index contributed by atoms with van der Waals surface area (Å²) in [5.41, 5.74) is 1.81. The van der Waals surface area contributed by atoms with E-state index in [1.165, 1.54) is 46.8 Å². The number of nitriles is 1. The first-order valence-corrected chi connectivity index (χ1v) is 16.3. The molecule has 0 unspecified atom stereocenters. The number of aromatic nitrogens is 2. The van der Waals surface area contributed by atoms with Crippen LogP contribution in [0, 0.1) is 11.3 Å². The molecule has 0 N–H and O–H groups in total. The van der Waals surface area contributed by atoms with Crippen LogP contribution in [0.1, 0.15) is 32.3 Å². The minimum Gasteiger partial charge on any atom is -0.240 e. The van der Waals surface area contributed by atoms with Gasteiger partial charge in [0.25, 0.3) is 0 Å². The predicted molar refractivity (Wildman–Crippen MR) is 161 cm³/mol. The van der Waals surface area contributed by atoms with Crippen LogP contribution in [0.5, 0.6) is 0 Å². The average molecular weight is 609 g/mol. The van der Waals surface area contributed by atoms with Crippen molar-refractivity contribution in [2.45, 2.75) is 36.5 Å². The molecule has 0 saturated carbocycles. The number of para-hydroxylation sites is 1. The van der Waals surface area contributed by atoms with Gasteiger partial charge in [0.15, 0.2) is 0 Å². The molecule has 0 aliphatic heterocycles. The first kappa shape index (κ1) is 30.2. The summed E-state index contributed by atoms with van der Waals surface area (Å²) in [7, 11) is -7.95. The molecule has 0 amide bonds. The van der Waals surface area contributed by atoms with Crippen LogP contribution >= 0.6 is 11.6 Å². The fourth-order valence-corrected chi connectivity index (χ4v) is 7.23. The minimum absolute atomic E-state index is 0.0771. The third-order valence-corrected chi connectivity index (χ3v) is 10.1. The molecule has 0 fully saturated rings. The fraction of sp³-hybridized carbons (Fsp3) is 0.200. The van der Waals surface area contributed by atoms with E-state index >= 15 is 0 Å². The molecule has 4 aromatic rings. The van der Waals surface area contributed by atoms with Crippen molar-refractivity contribution in [1.29, 1.82) is 5.26 Å². The Kier molecular flexibility index (Phi) is 9.46. The van der Waals surface area contributed by atoms with E-state index in [2.05, 4.69) is 5.10 Å². The van der Waals surface area contributed by atoms with Gasteiger partial charge in [-0.25, -0.2) is 21.5 Å². The van der Waals surface area contributed by atoms with Crippen LogP contribution in [0.2, 0.25) is 5.02 Å². The topological polar surface area (TPSA) is 113 Å². The van der Waals surface area contributed by atoms with Crippen molar-refractivity contribution in [1.82, 2.24) is 14.1 Å². The summed E-state index contributed by atoms with van der Waals surface area (Å²) in [5, 5.41) is 15.0. The molecule has 3 aromatic carbocycles. The van der Waals surface area contributed by atoms with Gasteiger partial charge in [0.2, 0.25) is 19.9 Å². The van der Waals surface area contributed by atoms with Gasteiger partial charge in [-0.05, 0) is 67.4 Å². The standard InChI is InChI=1S/C30H29ClN4O4S2/c1-3-17-34(18-4-2)41(38,39)28-12-8-9-23(19-28)30-24(22-35(33-30)26-10-6-5-7-11-26)20-29(21-32)40(36,37)27-15-13-25(31)14-16-27/h5-16,19-20,22H,3-4,17-18H2,1-2H3. The Hall–Kier alpha value is -3.75. The zero-order chi connectivity index (χ0) is 29.6. The highest BCUT2D eigenvalue weighted by molar-refractivity contribution is 7.95. The number of hydrogen-bond donors (Lipinski definition) is 0. The molecule has 0 saturated heterocycles. The normalized spacial score (nSPS) is 12.4. The van der Waals surface area contributed by atoms with Crippen molar-refractivity contribution < 1.29 is 16.8 Å². The van der Waals surface area contributed by atoms with Gasteiger partial charge in [-0.3, -0.25) is 0 Å². The maximum atomic E-state index is 13.5. The van der Waals surface area contributed by atoms with E-state index in [0.29, 0.717) is 53.5 Å². The van der Waals surface area contributed by atoms with Crippen LogP contribution < -0.4 is 0 Å². The lowest BCUT2D eigenvalue weighted by Crippen LogP contribution is -2.32. The second-order valence-electron chi connectivity index (χ2n) is 9.22. The third-order valence-electron chi connectivity index (χ3n) is 6.26. The van der Waals surface area contributed by atoms with Gasteiger partial charge in [0.1, 0.15) is 16.7 Å². The maximum Gasteiger partial charge on any atom is 0.243 e. The number of sulfone groups is 1. The molecule has 0 radical (unpaired) electrons. The van der Waals surface area contributed by atoms with Crippen molar-refractivity contribution in [2.24, 2.45) is 0 Å². The van der Waals surface area contributed by atoms with Crippen molar-refractivity contribution in [2.75, 3.05) is 13.1 Å². The van der Waals surface area contributed by atoms with Crippen molar-refractivity contribution in [3.05, 3.63) is 101 Å². The fourth-order valence-electron chi connectivity index (χ4n) is 4.29. The third kappa shape index (κ3) is 6.60. The second-order valence-corrected chi connectivity index (χ2v) is 13.5. The Morgan fingerprint density at radius 2 is 1.59 bits per heavy atom. The molecule has 0 aliphatic rings. The molecule has 1 aromatic heterocycles. The van der Waals surface area contributed by atoms with Crippen molar-refractivity contribution >= 4 is 37.5 Å². The van der Waals surface area contributed by atoms with Crippen molar-refractivity contribution in [3.63, 3.8) is 0 Å². The Bertz CT molecular complexity index is 1800. The van der Waals surface area contributed by atoms with Gasteiger partial charge in [0, 0.05) is 35.4 Å². The van der Waals surface area contributed by atoms with Gasteiger partial charge in [0.05, 0.1) is 15.5 Å². The molecule has 0 spiro atoms. The molecule has 4 rings (SSSR count). The molecule has 212 valence electrons. The number of allylic oxidation sites excluding steroid dienone is 1. The van der Waals surface area contributed by atoms with Gasteiger partial charge in [-0.15, -0.1) is 0 Å². The minimum atomic E-state index is -4.17. The second kappa shape index (κ2) is 12.8. The van der Waals surface area contributed by atoms with E-state index in [-0.39, 0.29) is 9.79 Å². The number of nitrogens with zero attached hydrogens (tertiary/aromatic N) is 4. The lowest BCUT2D eigenvalue weighted by molar-refractivity contribution is 0.410. The molecule has 0 bridgehead atoms. The Morgan fingerprint density at radius 1 is 0.927 bits per heavy atom. The van der Waals surface area contributed by atoms with Gasteiger partial charge in [-0.2, -0.15) is 14.7 Å². The van der Waals surface area contributed by atoms with E-state index in [4.69, 9.17) is 11.6 Å². The lowest BCUT2D eigenvalue weighted by Gasteiger charge is -2.21. The molecular weight excluding hydrogens is 580 g/mol. The first-order chi connectivity index (χ1) is 19.6.